The molecule has 0 aromatic carbocycles. The Morgan fingerprint density at radius 2 is 1.52 bits per heavy atom. The van der Waals surface area contributed by atoms with Crippen molar-refractivity contribution in [3.63, 3.8) is 0 Å². The van der Waals surface area contributed by atoms with Crippen LogP contribution in [-0.4, -0.2) is 30.8 Å². The highest BCUT2D eigenvalue weighted by Crippen LogP contribution is 2.48. The molecular weight excluding hydrogens is 301 g/mol. The SMILES string of the molecule is C[B]C1CCC2C(C1)C(CCC1CCCCC1)CN2C1CCCCC1. The summed E-state index contributed by atoms with van der Waals surface area (Å²) >= 11 is 0. The topological polar surface area (TPSA) is 3.24 Å². The summed E-state index contributed by atoms with van der Waals surface area (Å²) in [6.45, 7) is 3.78. The molecule has 2 heteroatoms. The van der Waals surface area contributed by atoms with Crippen LogP contribution >= 0.6 is 0 Å². The second-order valence-electron chi connectivity index (χ2n) is 9.97. The van der Waals surface area contributed by atoms with E-state index in [2.05, 4.69) is 19.0 Å². The number of hydrogen-bond donors (Lipinski definition) is 0. The zero-order valence-corrected chi connectivity index (χ0v) is 16.8. The third-order valence-electron chi connectivity index (χ3n) is 8.56. The van der Waals surface area contributed by atoms with Crippen LogP contribution in [0, 0.1) is 17.8 Å². The summed E-state index contributed by atoms with van der Waals surface area (Å²) in [5, 5.41) is 0. The molecule has 141 valence electrons. The summed E-state index contributed by atoms with van der Waals surface area (Å²) < 4.78 is 0. The molecule has 4 atom stereocenters. The molecule has 0 spiro atoms. The van der Waals surface area contributed by atoms with E-state index in [1.807, 2.05) is 0 Å². The molecule has 0 bridgehead atoms. The van der Waals surface area contributed by atoms with Crippen LogP contribution in [0.25, 0.3) is 0 Å². The van der Waals surface area contributed by atoms with Gasteiger partial charge in [-0.2, -0.15) is 0 Å². The lowest BCUT2D eigenvalue weighted by Crippen LogP contribution is -2.43. The Kier molecular flexibility index (Phi) is 6.48. The van der Waals surface area contributed by atoms with Crippen LogP contribution in [0.3, 0.4) is 0 Å². The van der Waals surface area contributed by atoms with Crippen LogP contribution in [0.5, 0.6) is 0 Å². The largest absolute Gasteiger partial charge is 0.297 e. The molecule has 4 fully saturated rings. The van der Waals surface area contributed by atoms with Crippen LogP contribution in [-0.2, 0) is 0 Å². The lowest BCUT2D eigenvalue weighted by atomic mass is 9.57. The van der Waals surface area contributed by atoms with E-state index in [1.54, 1.807) is 25.7 Å². The van der Waals surface area contributed by atoms with E-state index in [0.717, 1.165) is 35.7 Å². The molecule has 3 aliphatic carbocycles. The van der Waals surface area contributed by atoms with Crippen LogP contribution in [0.2, 0.25) is 12.6 Å². The van der Waals surface area contributed by atoms with Gasteiger partial charge in [-0.3, -0.25) is 4.90 Å². The summed E-state index contributed by atoms with van der Waals surface area (Å²) in [5.41, 5.74) is 0. The minimum Gasteiger partial charge on any atom is -0.297 e. The normalized spacial score (nSPS) is 38.6. The van der Waals surface area contributed by atoms with Gasteiger partial charge in [0, 0.05) is 18.6 Å². The molecule has 1 aliphatic heterocycles. The van der Waals surface area contributed by atoms with Crippen molar-refractivity contribution in [1.29, 1.82) is 0 Å². The maximum atomic E-state index is 3.06. The van der Waals surface area contributed by atoms with Crippen molar-refractivity contribution in [2.75, 3.05) is 6.54 Å². The molecule has 0 N–H and O–H groups in total. The lowest BCUT2D eigenvalue weighted by molar-refractivity contribution is 0.107. The minimum absolute atomic E-state index is 0.921. The van der Waals surface area contributed by atoms with E-state index >= 15 is 0 Å². The van der Waals surface area contributed by atoms with Crippen molar-refractivity contribution < 1.29 is 0 Å². The Labute approximate surface area is 157 Å². The minimum atomic E-state index is 0.921. The molecule has 1 heterocycles. The van der Waals surface area contributed by atoms with E-state index in [-0.39, 0.29) is 0 Å². The molecule has 1 nitrogen and oxygen atoms in total. The number of rotatable bonds is 5. The molecule has 0 amide bonds. The summed E-state index contributed by atoms with van der Waals surface area (Å²) in [5.74, 6) is 4.05. The Morgan fingerprint density at radius 3 is 2.24 bits per heavy atom. The van der Waals surface area contributed by atoms with Crippen molar-refractivity contribution in [3.05, 3.63) is 0 Å². The van der Waals surface area contributed by atoms with Gasteiger partial charge in [-0.1, -0.05) is 83.3 Å². The first kappa shape index (κ1) is 18.4. The van der Waals surface area contributed by atoms with Gasteiger partial charge < -0.3 is 0 Å². The first-order valence-corrected chi connectivity index (χ1v) is 11.9. The summed E-state index contributed by atoms with van der Waals surface area (Å²) in [7, 11) is 2.53. The molecule has 4 rings (SSSR count). The molecule has 3 saturated carbocycles. The summed E-state index contributed by atoms with van der Waals surface area (Å²) in [6, 6.07) is 1.90. The highest BCUT2D eigenvalue weighted by atomic mass is 15.2. The van der Waals surface area contributed by atoms with E-state index in [1.165, 1.54) is 77.2 Å². The first-order chi connectivity index (χ1) is 12.3. The van der Waals surface area contributed by atoms with Crippen molar-refractivity contribution in [1.82, 2.24) is 4.90 Å². The molecular formula is C23H41BN. The van der Waals surface area contributed by atoms with Gasteiger partial charge in [-0.25, -0.2) is 0 Å². The maximum absolute atomic E-state index is 3.06. The number of likely N-dealkylation sites (tertiary alicyclic amines) is 1. The van der Waals surface area contributed by atoms with Gasteiger partial charge in [0.2, 0.25) is 0 Å². The molecule has 4 aliphatic rings. The molecule has 0 aromatic rings. The first-order valence-electron chi connectivity index (χ1n) is 11.9. The fourth-order valence-corrected chi connectivity index (χ4v) is 7.05. The average Bonchev–Trinajstić information content (AvgIpc) is 3.05. The monoisotopic (exact) mass is 342 g/mol. The third kappa shape index (κ3) is 4.31. The fourth-order valence-electron chi connectivity index (χ4n) is 7.05. The van der Waals surface area contributed by atoms with Crippen molar-refractivity contribution in [2.45, 2.75) is 121 Å². The van der Waals surface area contributed by atoms with Gasteiger partial charge in [0.05, 0.1) is 0 Å². The second kappa shape index (κ2) is 8.81. The van der Waals surface area contributed by atoms with E-state index in [4.69, 9.17) is 0 Å². The fraction of sp³-hybridized carbons (Fsp3) is 1.00. The summed E-state index contributed by atoms with van der Waals surface area (Å²) in [4.78, 5) is 3.06. The predicted molar refractivity (Wildman–Crippen MR) is 109 cm³/mol. The Hall–Kier alpha value is 0.0249. The highest BCUT2D eigenvalue weighted by molar-refractivity contribution is 6.35. The summed E-state index contributed by atoms with van der Waals surface area (Å²) in [6.07, 6.45) is 22.7. The lowest BCUT2D eigenvalue weighted by Gasteiger charge is -2.41. The Balaban J connectivity index is 1.39. The number of nitrogens with zero attached hydrogens (tertiary/aromatic N) is 1. The zero-order valence-electron chi connectivity index (χ0n) is 16.8. The van der Waals surface area contributed by atoms with Gasteiger partial charge in [0.25, 0.3) is 0 Å². The zero-order chi connectivity index (χ0) is 17.1. The Bertz CT molecular complexity index is 399. The molecule has 0 aromatic heterocycles. The number of fused-ring (bicyclic) bond motifs is 1. The molecule has 1 radical (unpaired) electrons. The maximum Gasteiger partial charge on any atom is 0.110 e. The van der Waals surface area contributed by atoms with E-state index in [9.17, 15) is 0 Å². The van der Waals surface area contributed by atoms with E-state index in [0.29, 0.717) is 0 Å². The van der Waals surface area contributed by atoms with Crippen LogP contribution < -0.4 is 0 Å². The smallest absolute Gasteiger partial charge is 0.110 e. The number of hydrogen-bond acceptors (Lipinski definition) is 1. The van der Waals surface area contributed by atoms with Gasteiger partial charge in [0.15, 0.2) is 0 Å². The van der Waals surface area contributed by atoms with Crippen molar-refractivity contribution >= 4 is 7.28 Å². The molecule has 4 unspecified atom stereocenters. The predicted octanol–water partition coefficient (Wildman–Crippen LogP) is 6.32. The third-order valence-corrected chi connectivity index (χ3v) is 8.56. The average molecular weight is 342 g/mol. The molecule has 25 heavy (non-hydrogen) atoms. The van der Waals surface area contributed by atoms with Gasteiger partial charge in [-0.05, 0) is 43.4 Å². The van der Waals surface area contributed by atoms with Crippen LogP contribution in [0.4, 0.5) is 0 Å². The quantitative estimate of drug-likeness (QED) is 0.528. The highest BCUT2D eigenvalue weighted by Gasteiger charge is 2.46. The van der Waals surface area contributed by atoms with Gasteiger partial charge in [-0.15, -0.1) is 0 Å². The second-order valence-corrected chi connectivity index (χ2v) is 9.97. The van der Waals surface area contributed by atoms with Crippen molar-refractivity contribution in [3.8, 4) is 0 Å². The van der Waals surface area contributed by atoms with Gasteiger partial charge in [0.1, 0.15) is 7.28 Å². The molecule has 1 saturated heterocycles. The standard InChI is InChI=1S/C23H41BN/c1-24-20-14-15-23-22(16-20)19(13-12-18-8-4-2-5-9-18)17-25(23)21-10-6-3-7-11-21/h18-23H,2-17H2,1H3. The van der Waals surface area contributed by atoms with Crippen molar-refractivity contribution in [2.24, 2.45) is 17.8 Å². The Morgan fingerprint density at radius 1 is 0.800 bits per heavy atom. The van der Waals surface area contributed by atoms with Crippen LogP contribution in [0.1, 0.15) is 96.3 Å². The van der Waals surface area contributed by atoms with Gasteiger partial charge >= 0.3 is 0 Å². The van der Waals surface area contributed by atoms with Crippen LogP contribution in [0.15, 0.2) is 0 Å². The van der Waals surface area contributed by atoms with E-state index < -0.39 is 0 Å².